The van der Waals surface area contributed by atoms with E-state index in [1.54, 1.807) is 0 Å². The molecule has 0 saturated heterocycles. The van der Waals surface area contributed by atoms with Crippen LogP contribution in [0.3, 0.4) is 0 Å². The highest BCUT2D eigenvalue weighted by atomic mass is 19.4. The molecule has 0 spiro atoms. The van der Waals surface area contributed by atoms with Crippen LogP contribution in [0, 0.1) is 10.1 Å². The monoisotopic (exact) mass is 311 g/mol. The lowest BCUT2D eigenvalue weighted by Gasteiger charge is -2.10. The first-order chi connectivity index (χ1) is 10.3. The third-order valence-electron chi connectivity index (χ3n) is 2.72. The van der Waals surface area contributed by atoms with Crippen molar-refractivity contribution in [3.63, 3.8) is 0 Å². The van der Waals surface area contributed by atoms with Gasteiger partial charge in [0.25, 0.3) is 5.69 Å². The van der Waals surface area contributed by atoms with E-state index in [-0.39, 0.29) is 23.3 Å². The topological polar surface area (TPSA) is 69.4 Å². The molecule has 0 aliphatic carbocycles. The Morgan fingerprint density at radius 1 is 1.09 bits per heavy atom. The highest BCUT2D eigenvalue weighted by molar-refractivity contribution is 5.82. The number of nitro benzene ring substituents is 1. The molecule has 0 aliphatic rings. The molecule has 0 radical (unpaired) electrons. The van der Waals surface area contributed by atoms with E-state index in [9.17, 15) is 28.1 Å². The van der Waals surface area contributed by atoms with Crippen molar-refractivity contribution in [2.75, 3.05) is 0 Å². The van der Waals surface area contributed by atoms with Crippen LogP contribution >= 0.6 is 0 Å². The van der Waals surface area contributed by atoms with Crippen LogP contribution < -0.4 is 4.74 Å². The van der Waals surface area contributed by atoms with Gasteiger partial charge in [-0.1, -0.05) is 6.07 Å². The molecule has 2 aromatic rings. The summed E-state index contributed by atoms with van der Waals surface area (Å²) in [5, 5.41) is 10.7. The second kappa shape index (κ2) is 5.84. The lowest BCUT2D eigenvalue weighted by Crippen LogP contribution is -2.04. The van der Waals surface area contributed by atoms with Crippen LogP contribution in [0.4, 0.5) is 18.9 Å². The normalized spacial score (nSPS) is 11.0. The first kappa shape index (κ1) is 15.5. The maximum atomic E-state index is 12.6. The summed E-state index contributed by atoms with van der Waals surface area (Å²) >= 11 is 0. The van der Waals surface area contributed by atoms with Crippen LogP contribution in [-0.4, -0.2) is 11.2 Å². The minimum absolute atomic E-state index is 0.0204. The quantitative estimate of drug-likeness (QED) is 0.481. The molecular weight excluding hydrogens is 303 g/mol. The lowest BCUT2D eigenvalue weighted by atomic mass is 10.2. The molecule has 114 valence electrons. The van der Waals surface area contributed by atoms with Gasteiger partial charge in [0, 0.05) is 6.07 Å². The fourth-order valence-corrected chi connectivity index (χ4v) is 1.73. The lowest BCUT2D eigenvalue weighted by molar-refractivity contribution is -0.385. The SMILES string of the molecule is O=Cc1cc(Oc2cccc(C(F)(F)F)c2)ccc1[N+](=O)[O-]. The van der Waals surface area contributed by atoms with Gasteiger partial charge in [-0.3, -0.25) is 14.9 Å². The van der Waals surface area contributed by atoms with E-state index in [0.29, 0.717) is 0 Å². The number of alkyl halides is 3. The molecule has 0 amide bonds. The van der Waals surface area contributed by atoms with Crippen molar-refractivity contribution in [3.8, 4) is 11.5 Å². The van der Waals surface area contributed by atoms with Crippen LogP contribution in [0.1, 0.15) is 15.9 Å². The average Bonchev–Trinajstić information content (AvgIpc) is 2.46. The summed E-state index contributed by atoms with van der Waals surface area (Å²) in [6, 6.07) is 7.49. The van der Waals surface area contributed by atoms with Crippen molar-refractivity contribution in [1.29, 1.82) is 0 Å². The van der Waals surface area contributed by atoms with Crippen molar-refractivity contribution in [2.24, 2.45) is 0 Å². The van der Waals surface area contributed by atoms with Crippen LogP contribution in [0.25, 0.3) is 0 Å². The molecule has 0 fully saturated rings. The smallest absolute Gasteiger partial charge is 0.416 e. The van der Waals surface area contributed by atoms with Crippen molar-refractivity contribution >= 4 is 12.0 Å². The Bertz CT molecular complexity index is 728. The zero-order valence-electron chi connectivity index (χ0n) is 10.8. The molecule has 0 saturated carbocycles. The molecule has 2 aromatic carbocycles. The molecule has 0 unspecified atom stereocenters. The van der Waals surface area contributed by atoms with Gasteiger partial charge in [-0.2, -0.15) is 13.2 Å². The summed E-state index contributed by atoms with van der Waals surface area (Å²) in [4.78, 5) is 20.8. The molecular formula is C14H8F3NO4. The predicted molar refractivity (Wildman–Crippen MR) is 70.0 cm³/mol. The van der Waals surface area contributed by atoms with Crippen molar-refractivity contribution in [3.05, 3.63) is 63.7 Å². The largest absolute Gasteiger partial charge is 0.457 e. The number of hydrogen-bond acceptors (Lipinski definition) is 4. The Balaban J connectivity index is 2.32. The molecule has 5 nitrogen and oxygen atoms in total. The molecule has 0 N–H and O–H groups in total. The van der Waals surface area contributed by atoms with Crippen molar-refractivity contribution in [2.45, 2.75) is 6.18 Å². The summed E-state index contributed by atoms with van der Waals surface area (Å²) in [5.41, 5.74) is -1.52. The number of nitro groups is 1. The first-order valence-electron chi connectivity index (χ1n) is 5.90. The Kier molecular flexibility index (Phi) is 4.11. The highest BCUT2D eigenvalue weighted by Crippen LogP contribution is 2.33. The number of ether oxygens (including phenoxy) is 1. The van der Waals surface area contributed by atoms with Gasteiger partial charge in [-0.05, 0) is 30.3 Å². The summed E-state index contributed by atoms with van der Waals surface area (Å²) < 4.78 is 43.0. The predicted octanol–water partition coefficient (Wildman–Crippen LogP) is 4.22. The second-order valence-electron chi connectivity index (χ2n) is 4.22. The van der Waals surface area contributed by atoms with Gasteiger partial charge in [-0.25, -0.2) is 0 Å². The number of aldehydes is 1. The molecule has 0 aliphatic heterocycles. The van der Waals surface area contributed by atoms with E-state index in [4.69, 9.17) is 4.74 Å². The summed E-state index contributed by atoms with van der Waals surface area (Å²) in [5.74, 6) is -0.0763. The van der Waals surface area contributed by atoms with Crippen molar-refractivity contribution in [1.82, 2.24) is 0 Å². The van der Waals surface area contributed by atoms with Gasteiger partial charge in [0.1, 0.15) is 11.5 Å². The van der Waals surface area contributed by atoms with E-state index in [0.717, 1.165) is 24.3 Å². The number of carbonyl (C=O) groups excluding carboxylic acids is 1. The summed E-state index contributed by atoms with van der Waals surface area (Å²) in [6.07, 6.45) is -4.24. The van der Waals surface area contributed by atoms with E-state index < -0.39 is 22.4 Å². The van der Waals surface area contributed by atoms with Crippen LogP contribution in [0.5, 0.6) is 11.5 Å². The fourth-order valence-electron chi connectivity index (χ4n) is 1.73. The highest BCUT2D eigenvalue weighted by Gasteiger charge is 2.30. The molecule has 8 heteroatoms. The van der Waals surface area contributed by atoms with E-state index in [1.807, 2.05) is 0 Å². The molecule has 2 rings (SSSR count). The van der Waals surface area contributed by atoms with E-state index in [2.05, 4.69) is 0 Å². The number of benzene rings is 2. The zero-order chi connectivity index (χ0) is 16.3. The Morgan fingerprint density at radius 2 is 1.77 bits per heavy atom. The van der Waals surface area contributed by atoms with Crippen LogP contribution in [0.2, 0.25) is 0 Å². The minimum atomic E-state index is -4.51. The molecule has 0 heterocycles. The number of rotatable bonds is 4. The maximum absolute atomic E-state index is 12.6. The van der Waals surface area contributed by atoms with Gasteiger partial charge in [0.15, 0.2) is 6.29 Å². The molecule has 0 bridgehead atoms. The molecule has 0 atom stereocenters. The van der Waals surface area contributed by atoms with Gasteiger partial charge in [-0.15, -0.1) is 0 Å². The number of carbonyl (C=O) groups is 1. The van der Waals surface area contributed by atoms with E-state index >= 15 is 0 Å². The van der Waals surface area contributed by atoms with Gasteiger partial charge < -0.3 is 4.74 Å². The maximum Gasteiger partial charge on any atom is 0.416 e. The standard InChI is InChI=1S/C14H8F3NO4/c15-14(16,17)10-2-1-3-11(7-10)22-12-4-5-13(18(20)21)9(6-12)8-19/h1-8H. The Hall–Kier alpha value is -2.90. The molecule has 0 aromatic heterocycles. The van der Waals surface area contributed by atoms with Crippen LogP contribution in [0.15, 0.2) is 42.5 Å². The van der Waals surface area contributed by atoms with Gasteiger partial charge in [0.2, 0.25) is 0 Å². The summed E-state index contributed by atoms with van der Waals surface area (Å²) in [6.45, 7) is 0. The van der Waals surface area contributed by atoms with Crippen LogP contribution in [-0.2, 0) is 6.18 Å². The van der Waals surface area contributed by atoms with Gasteiger partial charge in [0.05, 0.1) is 16.1 Å². The van der Waals surface area contributed by atoms with E-state index in [1.165, 1.54) is 18.2 Å². The fraction of sp³-hybridized carbons (Fsp3) is 0.0714. The van der Waals surface area contributed by atoms with Crippen molar-refractivity contribution < 1.29 is 27.6 Å². The number of hydrogen-bond donors (Lipinski definition) is 0. The zero-order valence-corrected chi connectivity index (χ0v) is 10.8. The number of nitrogens with zero attached hydrogens (tertiary/aromatic N) is 1. The third-order valence-corrected chi connectivity index (χ3v) is 2.72. The average molecular weight is 311 g/mol. The minimum Gasteiger partial charge on any atom is -0.457 e. The van der Waals surface area contributed by atoms with Gasteiger partial charge >= 0.3 is 6.18 Å². The number of halogens is 3. The second-order valence-corrected chi connectivity index (χ2v) is 4.22. The summed E-state index contributed by atoms with van der Waals surface area (Å²) in [7, 11) is 0. The Labute approximate surface area is 122 Å². The first-order valence-corrected chi connectivity index (χ1v) is 5.90. The third kappa shape index (κ3) is 3.40. The Morgan fingerprint density at radius 3 is 2.36 bits per heavy atom. The molecule has 22 heavy (non-hydrogen) atoms.